The average molecular weight is 279 g/mol. The molecular weight excluding hydrogens is 254 g/mol. The number of thioether (sulfide) groups is 1. The predicted molar refractivity (Wildman–Crippen MR) is 84.4 cm³/mol. The van der Waals surface area contributed by atoms with Crippen LogP contribution in [0.15, 0.2) is 24.3 Å². The zero-order chi connectivity index (χ0) is 13.7. The number of ether oxygens (including phenoxy) is 1. The molecule has 0 bridgehead atoms. The van der Waals surface area contributed by atoms with Crippen molar-refractivity contribution in [2.75, 3.05) is 19.9 Å². The van der Waals surface area contributed by atoms with E-state index < -0.39 is 0 Å². The first kappa shape index (κ1) is 14.7. The van der Waals surface area contributed by atoms with E-state index in [1.165, 1.54) is 24.8 Å². The minimum absolute atomic E-state index is 0.713. The van der Waals surface area contributed by atoms with Crippen LogP contribution in [-0.4, -0.2) is 31.2 Å². The summed E-state index contributed by atoms with van der Waals surface area (Å²) in [6, 6.07) is 9.22. The van der Waals surface area contributed by atoms with Gasteiger partial charge in [0.25, 0.3) is 0 Å². The normalized spacial score (nSPS) is 23.7. The van der Waals surface area contributed by atoms with Crippen molar-refractivity contribution in [3.8, 4) is 5.75 Å². The lowest BCUT2D eigenvalue weighted by atomic mass is 9.76. The number of nitrogens with one attached hydrogen (secondary N) is 1. The lowest BCUT2D eigenvalue weighted by Crippen LogP contribution is -2.40. The summed E-state index contributed by atoms with van der Waals surface area (Å²) >= 11 is 1.95. The summed E-state index contributed by atoms with van der Waals surface area (Å²) in [6.45, 7) is 3.45. The minimum atomic E-state index is 0.713. The van der Waals surface area contributed by atoms with Crippen molar-refractivity contribution >= 4 is 11.8 Å². The van der Waals surface area contributed by atoms with Crippen molar-refractivity contribution < 1.29 is 4.74 Å². The van der Waals surface area contributed by atoms with Gasteiger partial charge < -0.3 is 10.1 Å². The minimum Gasteiger partial charge on any atom is -0.497 e. The first-order valence-corrected chi connectivity index (χ1v) is 8.42. The van der Waals surface area contributed by atoms with Crippen LogP contribution in [0.2, 0.25) is 0 Å². The van der Waals surface area contributed by atoms with E-state index in [9.17, 15) is 0 Å². The van der Waals surface area contributed by atoms with Gasteiger partial charge in [0.15, 0.2) is 0 Å². The van der Waals surface area contributed by atoms with Crippen molar-refractivity contribution in [1.82, 2.24) is 5.32 Å². The van der Waals surface area contributed by atoms with Gasteiger partial charge in [-0.3, -0.25) is 0 Å². The Hall–Kier alpha value is -0.670. The van der Waals surface area contributed by atoms with Crippen molar-refractivity contribution in [3.05, 3.63) is 29.8 Å². The van der Waals surface area contributed by atoms with Crippen LogP contribution < -0.4 is 10.1 Å². The van der Waals surface area contributed by atoms with E-state index in [-0.39, 0.29) is 0 Å². The first-order chi connectivity index (χ1) is 9.22. The van der Waals surface area contributed by atoms with Crippen LogP contribution >= 0.6 is 11.8 Å². The molecule has 0 spiro atoms. The zero-order valence-corrected chi connectivity index (χ0v) is 13.0. The molecule has 3 heteroatoms. The number of hydrogen-bond acceptors (Lipinski definition) is 3. The van der Waals surface area contributed by atoms with E-state index in [2.05, 4.69) is 36.7 Å². The molecule has 2 rings (SSSR count). The summed E-state index contributed by atoms with van der Waals surface area (Å²) in [5.74, 6) is 1.69. The Balaban J connectivity index is 1.70. The maximum Gasteiger partial charge on any atom is 0.119 e. The summed E-state index contributed by atoms with van der Waals surface area (Å²) in [5, 5.41) is 4.43. The molecule has 1 aliphatic carbocycles. The summed E-state index contributed by atoms with van der Waals surface area (Å²) < 4.78 is 5.29. The Morgan fingerprint density at radius 2 is 2.21 bits per heavy atom. The molecule has 1 aromatic carbocycles. The third-order valence-corrected chi connectivity index (χ3v) is 5.13. The molecule has 0 amide bonds. The van der Waals surface area contributed by atoms with Gasteiger partial charge in [0, 0.05) is 11.3 Å². The van der Waals surface area contributed by atoms with E-state index in [0.717, 1.165) is 17.5 Å². The summed E-state index contributed by atoms with van der Waals surface area (Å²) in [7, 11) is 1.73. The van der Waals surface area contributed by atoms with Gasteiger partial charge in [-0.2, -0.15) is 11.8 Å². The fraction of sp³-hybridized carbons (Fsp3) is 0.625. The van der Waals surface area contributed by atoms with Crippen LogP contribution in [0.5, 0.6) is 5.75 Å². The second kappa shape index (κ2) is 7.20. The SMILES string of the molecule is COc1cccc(C2CC(NCCC(C)SC)C2)c1. The Kier molecular flexibility index (Phi) is 5.59. The Labute approximate surface area is 121 Å². The van der Waals surface area contributed by atoms with Gasteiger partial charge in [-0.25, -0.2) is 0 Å². The van der Waals surface area contributed by atoms with Gasteiger partial charge in [0.2, 0.25) is 0 Å². The van der Waals surface area contributed by atoms with Crippen LogP contribution in [0.25, 0.3) is 0 Å². The number of rotatable bonds is 7. The fourth-order valence-electron chi connectivity index (χ4n) is 2.56. The zero-order valence-electron chi connectivity index (χ0n) is 12.2. The van der Waals surface area contributed by atoms with Crippen LogP contribution in [0.4, 0.5) is 0 Å². The lowest BCUT2D eigenvalue weighted by Gasteiger charge is -2.36. The molecule has 0 radical (unpaired) electrons. The van der Waals surface area contributed by atoms with Gasteiger partial charge in [-0.05, 0) is 55.7 Å². The Bertz CT molecular complexity index is 390. The van der Waals surface area contributed by atoms with Crippen LogP contribution in [0.1, 0.15) is 37.7 Å². The number of hydrogen-bond donors (Lipinski definition) is 1. The number of methoxy groups -OCH3 is 1. The number of benzene rings is 1. The quantitative estimate of drug-likeness (QED) is 0.823. The van der Waals surface area contributed by atoms with Crippen LogP contribution in [0.3, 0.4) is 0 Å². The van der Waals surface area contributed by atoms with Crippen molar-refractivity contribution in [3.63, 3.8) is 0 Å². The first-order valence-electron chi connectivity index (χ1n) is 7.13. The molecule has 0 aliphatic heterocycles. The molecule has 1 unspecified atom stereocenters. The molecule has 2 nitrogen and oxygen atoms in total. The molecular formula is C16H25NOS. The largest absolute Gasteiger partial charge is 0.497 e. The van der Waals surface area contributed by atoms with Crippen molar-refractivity contribution in [1.29, 1.82) is 0 Å². The monoisotopic (exact) mass is 279 g/mol. The third-order valence-electron chi connectivity index (χ3n) is 4.09. The third kappa shape index (κ3) is 4.15. The summed E-state index contributed by atoms with van der Waals surface area (Å²) in [4.78, 5) is 0. The van der Waals surface area contributed by atoms with Crippen molar-refractivity contribution in [2.45, 2.75) is 43.4 Å². The van der Waals surface area contributed by atoms with Crippen molar-refractivity contribution in [2.24, 2.45) is 0 Å². The van der Waals surface area contributed by atoms with E-state index in [4.69, 9.17) is 4.74 Å². The van der Waals surface area contributed by atoms with Gasteiger partial charge in [-0.1, -0.05) is 19.1 Å². The van der Waals surface area contributed by atoms with Gasteiger partial charge in [0.05, 0.1) is 7.11 Å². The molecule has 1 atom stereocenters. The molecule has 0 aromatic heterocycles. The van der Waals surface area contributed by atoms with Gasteiger partial charge in [-0.15, -0.1) is 0 Å². The van der Waals surface area contributed by atoms with Gasteiger partial charge in [0.1, 0.15) is 5.75 Å². The van der Waals surface area contributed by atoms with Gasteiger partial charge >= 0.3 is 0 Å². The highest BCUT2D eigenvalue weighted by molar-refractivity contribution is 7.99. The maximum atomic E-state index is 5.29. The highest BCUT2D eigenvalue weighted by Crippen LogP contribution is 2.37. The Morgan fingerprint density at radius 1 is 1.42 bits per heavy atom. The molecule has 1 aliphatic rings. The summed E-state index contributed by atoms with van der Waals surface area (Å²) in [5.41, 5.74) is 1.43. The molecule has 0 heterocycles. The fourth-order valence-corrected chi connectivity index (χ4v) is 2.91. The molecule has 106 valence electrons. The molecule has 1 N–H and O–H groups in total. The Morgan fingerprint density at radius 3 is 2.89 bits per heavy atom. The maximum absolute atomic E-state index is 5.29. The van der Waals surface area contributed by atoms with Crippen LogP contribution in [0, 0.1) is 0 Å². The molecule has 1 saturated carbocycles. The molecule has 1 aromatic rings. The van der Waals surface area contributed by atoms with E-state index in [0.29, 0.717) is 12.0 Å². The topological polar surface area (TPSA) is 21.3 Å². The second-order valence-corrected chi connectivity index (χ2v) is 6.71. The highest BCUT2D eigenvalue weighted by atomic mass is 32.2. The highest BCUT2D eigenvalue weighted by Gasteiger charge is 2.29. The summed E-state index contributed by atoms with van der Waals surface area (Å²) in [6.07, 6.45) is 5.98. The van der Waals surface area contributed by atoms with E-state index >= 15 is 0 Å². The molecule has 0 saturated heterocycles. The smallest absolute Gasteiger partial charge is 0.119 e. The average Bonchev–Trinajstić information content (AvgIpc) is 2.41. The van der Waals surface area contributed by atoms with E-state index in [1.807, 2.05) is 17.8 Å². The molecule has 19 heavy (non-hydrogen) atoms. The van der Waals surface area contributed by atoms with Crippen LogP contribution in [-0.2, 0) is 0 Å². The standard InChI is InChI=1S/C16H25NOS/c1-12(19-3)7-8-17-15-9-14(10-15)13-5-4-6-16(11-13)18-2/h4-6,11-12,14-15,17H,7-10H2,1-3H3. The predicted octanol–water partition coefficient (Wildman–Crippen LogP) is 3.67. The molecule has 1 fully saturated rings. The lowest BCUT2D eigenvalue weighted by molar-refractivity contribution is 0.290. The second-order valence-electron chi connectivity index (χ2n) is 5.43. The van der Waals surface area contributed by atoms with E-state index in [1.54, 1.807) is 7.11 Å².